The highest BCUT2D eigenvalue weighted by Crippen LogP contribution is 2.64. The molecule has 2 rings (SSSR count). The summed E-state index contributed by atoms with van der Waals surface area (Å²) in [4.78, 5) is 0. The molecule has 0 aromatic heterocycles. The quantitative estimate of drug-likeness (QED) is 0.650. The molecule has 120 valence electrons. The number of hydrogen-bond donors (Lipinski definition) is 0. The summed E-state index contributed by atoms with van der Waals surface area (Å²) < 4.78 is 0. The summed E-state index contributed by atoms with van der Waals surface area (Å²) in [7, 11) is -0.940. The van der Waals surface area contributed by atoms with Gasteiger partial charge in [-0.05, 0) is 24.0 Å². The Labute approximate surface area is 143 Å². The summed E-state index contributed by atoms with van der Waals surface area (Å²) in [6.45, 7) is 4.70. The van der Waals surface area contributed by atoms with Crippen LogP contribution in [0.25, 0.3) is 0 Å². The molecular formula is C20H28ClP. The summed E-state index contributed by atoms with van der Waals surface area (Å²) >= 11 is 0. The first-order valence-corrected chi connectivity index (χ1v) is 10.7. The molecule has 0 atom stereocenters. The van der Waals surface area contributed by atoms with Crippen LogP contribution in [0.2, 0.25) is 0 Å². The molecule has 0 amide bonds. The molecular weight excluding hydrogens is 307 g/mol. The largest absolute Gasteiger partial charge is 1.00 e. The fraction of sp³-hybridized carbons (Fsp3) is 0.400. The Balaban J connectivity index is 0.00000242. The van der Waals surface area contributed by atoms with Crippen LogP contribution in [-0.2, 0) is 12.3 Å². The fourth-order valence-corrected chi connectivity index (χ4v) is 8.21. The highest BCUT2D eigenvalue weighted by atomic mass is 35.5. The maximum atomic E-state index is 2.35. The van der Waals surface area contributed by atoms with E-state index in [4.69, 9.17) is 0 Å². The van der Waals surface area contributed by atoms with Crippen molar-refractivity contribution in [1.82, 2.24) is 0 Å². The predicted octanol–water partition coefficient (Wildman–Crippen LogP) is 3.23. The lowest BCUT2D eigenvalue weighted by molar-refractivity contribution is -0.00000460. The lowest BCUT2D eigenvalue weighted by Crippen LogP contribution is -3.00. The molecule has 2 aromatic carbocycles. The second kappa shape index (κ2) is 10.0. The summed E-state index contributed by atoms with van der Waals surface area (Å²) in [6.07, 6.45) is 8.09. The van der Waals surface area contributed by atoms with Crippen molar-refractivity contribution in [1.29, 1.82) is 0 Å². The van der Waals surface area contributed by atoms with Crippen molar-refractivity contribution in [3.05, 3.63) is 71.8 Å². The van der Waals surface area contributed by atoms with Crippen molar-refractivity contribution in [3.8, 4) is 0 Å². The van der Waals surface area contributed by atoms with Crippen LogP contribution in [0.4, 0.5) is 0 Å². The molecule has 0 aliphatic carbocycles. The summed E-state index contributed by atoms with van der Waals surface area (Å²) in [6, 6.07) is 22.2. The lowest BCUT2D eigenvalue weighted by Gasteiger charge is -2.27. The van der Waals surface area contributed by atoms with Gasteiger partial charge in [0.05, 0.1) is 24.6 Å². The Morgan fingerprint density at radius 2 is 1.00 bits per heavy atom. The molecule has 0 aliphatic heterocycles. The van der Waals surface area contributed by atoms with Gasteiger partial charge >= 0.3 is 0 Å². The van der Waals surface area contributed by atoms with Gasteiger partial charge < -0.3 is 12.4 Å². The maximum Gasteiger partial charge on any atom is 0.0846 e. The molecule has 0 aliphatic rings. The smallest absolute Gasteiger partial charge is 0.0846 e. The van der Waals surface area contributed by atoms with Gasteiger partial charge in [0.2, 0.25) is 0 Å². The minimum Gasteiger partial charge on any atom is -1.00 e. The fourth-order valence-electron chi connectivity index (χ4n) is 3.37. The van der Waals surface area contributed by atoms with Gasteiger partial charge in [0.15, 0.2) is 0 Å². The molecule has 0 heterocycles. The van der Waals surface area contributed by atoms with Gasteiger partial charge in [0, 0.05) is 7.26 Å². The molecule has 0 unspecified atom stereocenters. The van der Waals surface area contributed by atoms with Gasteiger partial charge in [-0.3, -0.25) is 0 Å². The first-order valence-electron chi connectivity index (χ1n) is 8.21. The van der Waals surface area contributed by atoms with Gasteiger partial charge in [0.1, 0.15) is 0 Å². The third-order valence-corrected chi connectivity index (χ3v) is 8.98. The zero-order chi connectivity index (χ0) is 15.0. The van der Waals surface area contributed by atoms with Crippen molar-refractivity contribution in [2.75, 3.05) is 12.3 Å². The van der Waals surface area contributed by atoms with E-state index in [-0.39, 0.29) is 12.4 Å². The van der Waals surface area contributed by atoms with Gasteiger partial charge in [-0.25, -0.2) is 0 Å². The van der Waals surface area contributed by atoms with Crippen LogP contribution >= 0.6 is 7.26 Å². The van der Waals surface area contributed by atoms with E-state index in [9.17, 15) is 0 Å². The molecule has 22 heavy (non-hydrogen) atoms. The van der Waals surface area contributed by atoms with E-state index in [2.05, 4.69) is 74.5 Å². The Kier molecular flexibility index (Phi) is 8.76. The second-order valence-corrected chi connectivity index (χ2v) is 10.3. The van der Waals surface area contributed by atoms with E-state index in [1.165, 1.54) is 48.6 Å². The summed E-state index contributed by atoms with van der Waals surface area (Å²) in [5, 5.41) is 0. The van der Waals surface area contributed by atoms with Crippen molar-refractivity contribution in [2.24, 2.45) is 0 Å². The van der Waals surface area contributed by atoms with E-state index in [0.717, 1.165) is 0 Å². The maximum absolute atomic E-state index is 2.35. The second-order valence-electron chi connectivity index (χ2n) is 6.08. The molecule has 0 saturated carbocycles. The minimum absolute atomic E-state index is 0. The molecule has 0 N–H and O–H groups in total. The van der Waals surface area contributed by atoms with Crippen LogP contribution in [0.1, 0.15) is 37.8 Å². The molecule has 0 radical (unpaired) electrons. The SMILES string of the molecule is CCC[P+](CCC)(Cc1ccccc1)Cc1ccccc1.[Cl-]. The predicted molar refractivity (Wildman–Crippen MR) is 97.5 cm³/mol. The third kappa shape index (κ3) is 5.75. The first-order chi connectivity index (χ1) is 10.3. The zero-order valence-electron chi connectivity index (χ0n) is 13.8. The van der Waals surface area contributed by atoms with Crippen molar-refractivity contribution in [3.63, 3.8) is 0 Å². The third-order valence-electron chi connectivity index (χ3n) is 4.12. The molecule has 2 aromatic rings. The molecule has 0 nitrogen and oxygen atoms in total. The molecule has 0 fully saturated rings. The first kappa shape index (κ1) is 19.2. The Morgan fingerprint density at radius 1 is 0.636 bits per heavy atom. The average Bonchev–Trinajstić information content (AvgIpc) is 2.50. The lowest BCUT2D eigenvalue weighted by atomic mass is 10.2. The standard InChI is InChI=1S/C20H28P.ClH/c1-3-15-21(16-4-2,17-19-11-7-5-8-12-19)18-20-13-9-6-10-14-20;/h5-14H,3-4,15-18H2,1-2H3;1H/q+1;/p-1. The van der Waals surface area contributed by atoms with Gasteiger partial charge in [0.25, 0.3) is 0 Å². The van der Waals surface area contributed by atoms with Crippen LogP contribution in [-0.4, -0.2) is 12.3 Å². The van der Waals surface area contributed by atoms with Gasteiger partial charge in [-0.2, -0.15) is 0 Å². The topological polar surface area (TPSA) is 0 Å². The molecule has 0 saturated heterocycles. The Bertz CT molecular complexity index is 460. The normalized spacial score (nSPS) is 11.0. The summed E-state index contributed by atoms with van der Waals surface area (Å²) in [5.74, 6) is 0. The van der Waals surface area contributed by atoms with Crippen LogP contribution < -0.4 is 12.4 Å². The van der Waals surface area contributed by atoms with E-state index in [0.29, 0.717) is 0 Å². The van der Waals surface area contributed by atoms with Crippen molar-refractivity contribution < 1.29 is 12.4 Å². The Hall–Kier alpha value is -0.840. The average molecular weight is 335 g/mol. The number of halogens is 1. The number of hydrogen-bond acceptors (Lipinski definition) is 0. The monoisotopic (exact) mass is 334 g/mol. The highest BCUT2D eigenvalue weighted by molar-refractivity contribution is 7.74. The van der Waals surface area contributed by atoms with Crippen LogP contribution in [0, 0.1) is 0 Å². The van der Waals surface area contributed by atoms with Crippen LogP contribution in [0.3, 0.4) is 0 Å². The number of benzene rings is 2. The molecule has 0 spiro atoms. The van der Waals surface area contributed by atoms with Gasteiger partial charge in [-0.1, -0.05) is 74.5 Å². The van der Waals surface area contributed by atoms with Gasteiger partial charge in [-0.15, -0.1) is 0 Å². The van der Waals surface area contributed by atoms with Crippen molar-refractivity contribution >= 4 is 7.26 Å². The highest BCUT2D eigenvalue weighted by Gasteiger charge is 2.35. The minimum atomic E-state index is -0.940. The van der Waals surface area contributed by atoms with E-state index < -0.39 is 7.26 Å². The summed E-state index contributed by atoms with van der Waals surface area (Å²) in [5.41, 5.74) is 3.06. The van der Waals surface area contributed by atoms with Crippen LogP contribution in [0.5, 0.6) is 0 Å². The van der Waals surface area contributed by atoms with Crippen LogP contribution in [0.15, 0.2) is 60.7 Å². The zero-order valence-corrected chi connectivity index (χ0v) is 15.5. The van der Waals surface area contributed by atoms with E-state index in [1.807, 2.05) is 0 Å². The number of rotatable bonds is 8. The molecule has 0 bridgehead atoms. The molecule has 2 heteroatoms. The van der Waals surface area contributed by atoms with E-state index >= 15 is 0 Å². The van der Waals surface area contributed by atoms with Crippen molar-refractivity contribution in [2.45, 2.75) is 39.0 Å². The van der Waals surface area contributed by atoms with E-state index in [1.54, 1.807) is 0 Å². The Morgan fingerprint density at radius 3 is 1.32 bits per heavy atom.